The molecule has 3 aromatic heterocycles. The number of fused-ring (bicyclic) bond motifs is 1. The highest BCUT2D eigenvalue weighted by molar-refractivity contribution is 5.66. The lowest BCUT2D eigenvalue weighted by Gasteiger charge is -2.27. The maximum absolute atomic E-state index is 5.38. The van der Waals surface area contributed by atoms with Crippen LogP contribution in [0.1, 0.15) is 32.3 Å². The van der Waals surface area contributed by atoms with E-state index in [1.54, 1.807) is 0 Å². The number of pyridine rings is 2. The van der Waals surface area contributed by atoms with Crippen molar-refractivity contribution in [2.45, 2.75) is 33.6 Å². The molecular formula is C21H28N4O. The van der Waals surface area contributed by atoms with Gasteiger partial charge in [0.2, 0.25) is 0 Å². The van der Waals surface area contributed by atoms with Crippen LogP contribution in [0.15, 0.2) is 42.9 Å². The van der Waals surface area contributed by atoms with Crippen molar-refractivity contribution in [2.75, 3.05) is 31.2 Å². The lowest BCUT2D eigenvalue weighted by Crippen LogP contribution is -2.36. The number of anilines is 1. The Morgan fingerprint density at radius 2 is 1.69 bits per heavy atom. The minimum Gasteiger partial charge on any atom is -0.378 e. The summed E-state index contributed by atoms with van der Waals surface area (Å²) in [7, 11) is 0. The molecule has 0 amide bonds. The quantitative estimate of drug-likeness (QED) is 0.703. The molecule has 4 rings (SSSR count). The first-order valence-electron chi connectivity index (χ1n) is 9.46. The van der Waals surface area contributed by atoms with Gasteiger partial charge < -0.3 is 9.64 Å². The smallest absolute Gasteiger partial charge is 0.128 e. The fourth-order valence-corrected chi connectivity index (χ4v) is 2.82. The first kappa shape index (κ1) is 18.4. The molecule has 5 heteroatoms. The second-order valence-corrected chi connectivity index (χ2v) is 6.58. The number of hydrogen-bond donors (Lipinski definition) is 0. The molecule has 26 heavy (non-hydrogen) atoms. The van der Waals surface area contributed by atoms with Gasteiger partial charge in [0.15, 0.2) is 0 Å². The molecule has 5 nitrogen and oxygen atoms in total. The van der Waals surface area contributed by atoms with E-state index < -0.39 is 0 Å². The molecule has 1 fully saturated rings. The van der Waals surface area contributed by atoms with Gasteiger partial charge in [-0.3, -0.25) is 0 Å². The average Bonchev–Trinajstić information content (AvgIpc) is 3.09. The van der Waals surface area contributed by atoms with Crippen molar-refractivity contribution in [3.8, 4) is 11.1 Å². The van der Waals surface area contributed by atoms with Crippen LogP contribution in [0.3, 0.4) is 0 Å². The van der Waals surface area contributed by atoms with Crippen molar-refractivity contribution in [3.05, 3.63) is 48.4 Å². The van der Waals surface area contributed by atoms with Crippen molar-refractivity contribution < 1.29 is 4.74 Å². The molecular weight excluding hydrogens is 324 g/mol. The fraction of sp³-hybridized carbons (Fsp3) is 0.429. The van der Waals surface area contributed by atoms with Crippen molar-refractivity contribution in [2.24, 2.45) is 0 Å². The number of unbranched alkanes of at least 4 members (excludes halogenated alkanes) is 1. The summed E-state index contributed by atoms with van der Waals surface area (Å²) in [6, 6.07) is 8.43. The van der Waals surface area contributed by atoms with Crippen LogP contribution < -0.4 is 4.90 Å². The minimum atomic E-state index is 0.777. The van der Waals surface area contributed by atoms with Gasteiger partial charge in [-0.2, -0.15) is 5.10 Å². The molecule has 0 atom stereocenters. The molecule has 0 N–H and O–H groups in total. The highest BCUT2D eigenvalue weighted by atomic mass is 16.5. The Morgan fingerprint density at radius 3 is 2.35 bits per heavy atom. The van der Waals surface area contributed by atoms with Crippen molar-refractivity contribution in [1.29, 1.82) is 0 Å². The number of ether oxygens (including phenoxy) is 1. The van der Waals surface area contributed by atoms with Gasteiger partial charge >= 0.3 is 0 Å². The summed E-state index contributed by atoms with van der Waals surface area (Å²) in [6.45, 7) is 9.80. The van der Waals surface area contributed by atoms with E-state index in [2.05, 4.69) is 60.0 Å². The monoisotopic (exact) mass is 352 g/mol. The number of nitrogens with zero attached hydrogens (tertiary/aromatic N) is 4. The summed E-state index contributed by atoms with van der Waals surface area (Å²) in [6.07, 6.45) is 8.51. The first-order chi connectivity index (χ1) is 12.7. The molecule has 3 aromatic rings. The summed E-state index contributed by atoms with van der Waals surface area (Å²) in [5, 5.41) is 4.37. The molecule has 0 spiro atoms. The Bertz CT molecular complexity index is 818. The molecule has 0 aliphatic carbocycles. The molecule has 0 saturated carbocycles. The Labute approximate surface area is 155 Å². The molecule has 1 aliphatic rings. The predicted octanol–water partition coefficient (Wildman–Crippen LogP) is 4.35. The Morgan fingerprint density at radius 1 is 0.962 bits per heavy atom. The third kappa shape index (κ3) is 4.22. The minimum absolute atomic E-state index is 0.777. The van der Waals surface area contributed by atoms with Gasteiger partial charge in [0.05, 0.1) is 24.9 Å². The molecule has 0 aromatic carbocycles. The van der Waals surface area contributed by atoms with Gasteiger partial charge in [0.1, 0.15) is 5.82 Å². The second kappa shape index (κ2) is 8.81. The van der Waals surface area contributed by atoms with Gasteiger partial charge in [-0.25, -0.2) is 9.50 Å². The molecule has 138 valence electrons. The summed E-state index contributed by atoms with van der Waals surface area (Å²) in [5.41, 5.74) is 4.55. The van der Waals surface area contributed by atoms with Crippen LogP contribution in [0.4, 0.5) is 5.82 Å². The summed E-state index contributed by atoms with van der Waals surface area (Å²) in [5.74, 6) is 1.02. The van der Waals surface area contributed by atoms with Crippen LogP contribution in [0.2, 0.25) is 0 Å². The maximum atomic E-state index is 5.38. The van der Waals surface area contributed by atoms with Crippen molar-refractivity contribution in [1.82, 2.24) is 14.6 Å². The van der Waals surface area contributed by atoms with E-state index in [-0.39, 0.29) is 0 Å². The number of hydrogen-bond acceptors (Lipinski definition) is 4. The van der Waals surface area contributed by atoms with Gasteiger partial charge in [-0.15, -0.1) is 0 Å². The lowest BCUT2D eigenvalue weighted by molar-refractivity contribution is 0.122. The lowest BCUT2D eigenvalue weighted by atomic mass is 10.1. The topological polar surface area (TPSA) is 42.7 Å². The Hall–Kier alpha value is -2.40. The Kier molecular flexibility index (Phi) is 6.23. The maximum Gasteiger partial charge on any atom is 0.128 e. The highest BCUT2D eigenvalue weighted by Crippen LogP contribution is 2.22. The van der Waals surface area contributed by atoms with E-state index in [1.807, 2.05) is 23.1 Å². The standard InChI is InChI=1S/C17H18N4O.C4H10/c1-13-10-19-21-12-15(2-4-16(13)21)14-3-5-17(18-11-14)20-6-8-22-9-7-20;1-3-4-2/h2-5,10-12H,6-9H2,1H3;3-4H2,1-2H3. The van der Waals surface area contributed by atoms with E-state index >= 15 is 0 Å². The van der Waals surface area contributed by atoms with E-state index in [0.717, 1.165) is 48.8 Å². The van der Waals surface area contributed by atoms with Gasteiger partial charge in [-0.05, 0) is 30.7 Å². The largest absolute Gasteiger partial charge is 0.378 e. The molecule has 0 bridgehead atoms. The highest BCUT2D eigenvalue weighted by Gasteiger charge is 2.12. The summed E-state index contributed by atoms with van der Waals surface area (Å²) in [4.78, 5) is 6.86. The molecule has 1 aliphatic heterocycles. The van der Waals surface area contributed by atoms with E-state index in [0.29, 0.717) is 0 Å². The van der Waals surface area contributed by atoms with Crippen LogP contribution in [-0.2, 0) is 4.74 Å². The third-order valence-electron chi connectivity index (χ3n) is 4.63. The average molecular weight is 352 g/mol. The number of rotatable bonds is 3. The Balaban J connectivity index is 0.000000447. The SMILES string of the molecule is CCCC.Cc1cnn2cc(-c3ccc(N4CCOCC4)nc3)ccc12. The first-order valence-corrected chi connectivity index (χ1v) is 9.46. The summed E-state index contributed by atoms with van der Waals surface area (Å²) < 4.78 is 7.30. The zero-order chi connectivity index (χ0) is 18.4. The van der Waals surface area contributed by atoms with Crippen LogP contribution >= 0.6 is 0 Å². The van der Waals surface area contributed by atoms with E-state index in [1.165, 1.54) is 18.4 Å². The third-order valence-corrected chi connectivity index (χ3v) is 4.63. The predicted molar refractivity (Wildman–Crippen MR) is 107 cm³/mol. The summed E-state index contributed by atoms with van der Waals surface area (Å²) >= 11 is 0. The van der Waals surface area contributed by atoms with Crippen molar-refractivity contribution >= 4 is 11.3 Å². The molecule has 1 saturated heterocycles. The fourth-order valence-electron chi connectivity index (χ4n) is 2.82. The number of aromatic nitrogens is 3. The normalized spacial score (nSPS) is 14.2. The van der Waals surface area contributed by atoms with Crippen LogP contribution in [-0.4, -0.2) is 40.9 Å². The van der Waals surface area contributed by atoms with Gasteiger partial charge in [0, 0.05) is 36.6 Å². The van der Waals surface area contributed by atoms with Crippen LogP contribution in [0, 0.1) is 6.92 Å². The van der Waals surface area contributed by atoms with Crippen molar-refractivity contribution in [3.63, 3.8) is 0 Å². The van der Waals surface area contributed by atoms with E-state index in [4.69, 9.17) is 4.74 Å². The van der Waals surface area contributed by atoms with Crippen LogP contribution in [0.5, 0.6) is 0 Å². The van der Waals surface area contributed by atoms with Gasteiger partial charge in [-0.1, -0.05) is 32.8 Å². The number of aryl methyl sites for hydroxylation is 1. The number of morpholine rings is 1. The van der Waals surface area contributed by atoms with E-state index in [9.17, 15) is 0 Å². The van der Waals surface area contributed by atoms with Crippen LogP contribution in [0.25, 0.3) is 16.6 Å². The molecule has 0 unspecified atom stereocenters. The molecule has 0 radical (unpaired) electrons. The molecule has 4 heterocycles. The van der Waals surface area contributed by atoms with Gasteiger partial charge in [0.25, 0.3) is 0 Å². The second-order valence-electron chi connectivity index (χ2n) is 6.58. The zero-order valence-corrected chi connectivity index (χ0v) is 16.0. The zero-order valence-electron chi connectivity index (χ0n) is 16.0.